The maximum absolute atomic E-state index is 13.0. The molecular formula is C18H14N4O2S. The van der Waals surface area contributed by atoms with Gasteiger partial charge in [0.05, 0.1) is 4.90 Å². The molecule has 4 aromatic rings. The summed E-state index contributed by atoms with van der Waals surface area (Å²) in [6, 6.07) is 13.8. The fraction of sp³-hybridized carbons (Fsp3) is 0.0556. The predicted octanol–water partition coefficient (Wildman–Crippen LogP) is 3.04. The Labute approximate surface area is 144 Å². The van der Waals surface area contributed by atoms with Gasteiger partial charge in [-0.05, 0) is 37.3 Å². The molecule has 7 heteroatoms. The van der Waals surface area contributed by atoms with Crippen LogP contribution in [-0.4, -0.2) is 27.3 Å². The molecule has 0 aliphatic heterocycles. The normalized spacial score (nSPS) is 11.7. The first-order chi connectivity index (χ1) is 12.1. The quantitative estimate of drug-likeness (QED) is 0.567. The van der Waals surface area contributed by atoms with Gasteiger partial charge in [-0.3, -0.25) is 4.98 Å². The zero-order valence-corrected chi connectivity index (χ0v) is 14.2. The second-order valence-electron chi connectivity index (χ2n) is 5.62. The minimum absolute atomic E-state index is 0.216. The molecule has 0 radical (unpaired) electrons. The molecule has 6 nitrogen and oxygen atoms in total. The van der Waals surface area contributed by atoms with Crippen LogP contribution in [0.1, 0.15) is 5.56 Å². The molecule has 3 aromatic heterocycles. The van der Waals surface area contributed by atoms with Crippen molar-refractivity contribution in [1.29, 1.82) is 0 Å². The number of rotatable bonds is 3. The van der Waals surface area contributed by atoms with Crippen molar-refractivity contribution in [3.05, 3.63) is 72.7 Å². The molecule has 0 saturated carbocycles. The smallest absolute Gasteiger partial charge is 0.253 e. The van der Waals surface area contributed by atoms with E-state index in [1.165, 1.54) is 10.2 Å². The molecule has 0 spiro atoms. The van der Waals surface area contributed by atoms with Gasteiger partial charge in [0, 0.05) is 24.0 Å². The summed E-state index contributed by atoms with van der Waals surface area (Å²) in [5.74, 6) is 0.382. The topological polar surface area (TPSA) is 77.7 Å². The molecule has 0 aliphatic rings. The highest BCUT2D eigenvalue weighted by atomic mass is 32.2. The molecule has 124 valence electrons. The van der Waals surface area contributed by atoms with E-state index in [1.54, 1.807) is 54.9 Å². The van der Waals surface area contributed by atoms with Gasteiger partial charge in [0.1, 0.15) is 5.69 Å². The van der Waals surface area contributed by atoms with E-state index in [0.29, 0.717) is 22.6 Å². The Bertz CT molecular complexity index is 1150. The molecule has 0 unspecified atom stereocenters. The second kappa shape index (κ2) is 5.78. The molecular weight excluding hydrogens is 336 g/mol. The van der Waals surface area contributed by atoms with Crippen molar-refractivity contribution in [3.8, 4) is 11.5 Å². The van der Waals surface area contributed by atoms with Gasteiger partial charge in [-0.2, -0.15) is 0 Å². The van der Waals surface area contributed by atoms with Gasteiger partial charge in [0.25, 0.3) is 10.0 Å². The molecule has 0 fully saturated rings. The van der Waals surface area contributed by atoms with Crippen LogP contribution in [0.2, 0.25) is 0 Å². The summed E-state index contributed by atoms with van der Waals surface area (Å²) in [5.41, 5.74) is 1.91. The number of pyridine rings is 1. The van der Waals surface area contributed by atoms with Gasteiger partial charge in [-0.15, -0.1) is 0 Å². The fourth-order valence-electron chi connectivity index (χ4n) is 2.53. The summed E-state index contributed by atoms with van der Waals surface area (Å²) in [4.78, 5) is 13.1. The third-order valence-electron chi connectivity index (χ3n) is 3.87. The molecule has 4 rings (SSSR count). The summed E-state index contributed by atoms with van der Waals surface area (Å²) in [7, 11) is -3.73. The lowest BCUT2D eigenvalue weighted by atomic mass is 10.2. The predicted molar refractivity (Wildman–Crippen MR) is 94.5 cm³/mol. The largest absolute Gasteiger partial charge is 0.269 e. The van der Waals surface area contributed by atoms with Crippen LogP contribution in [0.15, 0.2) is 72.0 Å². The van der Waals surface area contributed by atoms with Gasteiger partial charge >= 0.3 is 0 Å². The number of hydrogen-bond donors (Lipinski definition) is 0. The summed E-state index contributed by atoms with van der Waals surface area (Å²) in [5, 5.41) is 0.648. The van der Waals surface area contributed by atoms with E-state index in [0.717, 1.165) is 5.56 Å². The highest BCUT2D eigenvalue weighted by Crippen LogP contribution is 2.22. The van der Waals surface area contributed by atoms with Crippen molar-refractivity contribution in [2.45, 2.75) is 11.8 Å². The maximum Gasteiger partial charge on any atom is 0.269 e. The first-order valence-corrected chi connectivity index (χ1v) is 9.07. The Kier molecular flexibility index (Phi) is 3.58. The number of aryl methyl sites for hydroxylation is 1. The van der Waals surface area contributed by atoms with E-state index in [4.69, 9.17) is 0 Å². The molecule has 0 saturated heterocycles. The van der Waals surface area contributed by atoms with Gasteiger partial charge in [-0.1, -0.05) is 23.8 Å². The lowest BCUT2D eigenvalue weighted by molar-refractivity contribution is 0.588. The molecule has 0 aliphatic carbocycles. The Morgan fingerprint density at radius 1 is 0.960 bits per heavy atom. The van der Waals surface area contributed by atoms with Gasteiger partial charge in [0.2, 0.25) is 0 Å². The van der Waals surface area contributed by atoms with E-state index in [9.17, 15) is 8.42 Å². The van der Waals surface area contributed by atoms with Crippen molar-refractivity contribution in [1.82, 2.24) is 18.9 Å². The van der Waals surface area contributed by atoms with Crippen LogP contribution in [-0.2, 0) is 10.0 Å². The third kappa shape index (κ3) is 2.68. The van der Waals surface area contributed by atoms with Crippen LogP contribution >= 0.6 is 0 Å². The highest BCUT2D eigenvalue weighted by Gasteiger charge is 2.20. The summed E-state index contributed by atoms with van der Waals surface area (Å²) in [6.07, 6.45) is 4.75. The van der Waals surface area contributed by atoms with E-state index < -0.39 is 10.0 Å². The van der Waals surface area contributed by atoms with Gasteiger partial charge < -0.3 is 0 Å². The lowest BCUT2D eigenvalue weighted by Crippen LogP contribution is -2.12. The number of nitrogens with zero attached hydrogens (tertiary/aromatic N) is 4. The molecule has 0 atom stereocenters. The van der Waals surface area contributed by atoms with Crippen molar-refractivity contribution in [2.75, 3.05) is 0 Å². The van der Waals surface area contributed by atoms with E-state index in [1.807, 2.05) is 13.0 Å². The molecule has 25 heavy (non-hydrogen) atoms. The maximum atomic E-state index is 13.0. The average Bonchev–Trinajstić information content (AvgIpc) is 3.07. The number of fused-ring (bicyclic) bond motifs is 1. The average molecular weight is 350 g/mol. The van der Waals surface area contributed by atoms with Crippen LogP contribution in [0.5, 0.6) is 0 Å². The SMILES string of the molecule is Cc1ccc(S(=O)(=O)n2ccc3cnc(-c4ccccn4)nc32)cc1. The summed E-state index contributed by atoms with van der Waals surface area (Å²) in [6.45, 7) is 1.91. The van der Waals surface area contributed by atoms with E-state index >= 15 is 0 Å². The summed E-state index contributed by atoms with van der Waals surface area (Å²) >= 11 is 0. The Balaban J connectivity index is 1.89. The van der Waals surface area contributed by atoms with Gasteiger partial charge in [0.15, 0.2) is 11.5 Å². The van der Waals surface area contributed by atoms with Crippen LogP contribution in [0.4, 0.5) is 0 Å². The zero-order valence-electron chi connectivity index (χ0n) is 13.4. The molecule has 3 heterocycles. The fourth-order valence-corrected chi connectivity index (χ4v) is 3.83. The monoisotopic (exact) mass is 350 g/mol. The molecule has 0 amide bonds. The van der Waals surface area contributed by atoms with Crippen LogP contribution in [0, 0.1) is 6.92 Å². The third-order valence-corrected chi connectivity index (χ3v) is 5.55. The first kappa shape index (κ1) is 15.5. The Morgan fingerprint density at radius 2 is 1.76 bits per heavy atom. The van der Waals surface area contributed by atoms with Crippen LogP contribution < -0.4 is 0 Å². The number of hydrogen-bond acceptors (Lipinski definition) is 5. The van der Waals surface area contributed by atoms with Crippen LogP contribution in [0.25, 0.3) is 22.6 Å². The molecule has 0 bridgehead atoms. The zero-order chi connectivity index (χ0) is 17.4. The second-order valence-corrected chi connectivity index (χ2v) is 7.43. The highest BCUT2D eigenvalue weighted by molar-refractivity contribution is 7.90. The standard InChI is InChI=1S/C18H14N4O2S/c1-13-5-7-15(8-6-13)25(23,24)22-11-9-14-12-20-17(21-18(14)22)16-4-2-3-10-19-16/h2-12H,1H3. The first-order valence-electron chi connectivity index (χ1n) is 7.63. The minimum atomic E-state index is -3.73. The number of aromatic nitrogens is 4. The van der Waals surface area contributed by atoms with Crippen molar-refractivity contribution < 1.29 is 8.42 Å². The minimum Gasteiger partial charge on any atom is -0.253 e. The Hall–Kier alpha value is -3.06. The van der Waals surface area contributed by atoms with Crippen molar-refractivity contribution in [2.24, 2.45) is 0 Å². The van der Waals surface area contributed by atoms with E-state index in [-0.39, 0.29) is 4.90 Å². The lowest BCUT2D eigenvalue weighted by Gasteiger charge is -2.08. The molecule has 0 N–H and O–H groups in total. The van der Waals surface area contributed by atoms with Crippen LogP contribution in [0.3, 0.4) is 0 Å². The van der Waals surface area contributed by atoms with Crippen molar-refractivity contribution in [3.63, 3.8) is 0 Å². The Morgan fingerprint density at radius 3 is 2.48 bits per heavy atom. The molecule has 1 aromatic carbocycles. The summed E-state index contributed by atoms with van der Waals surface area (Å²) < 4.78 is 27.1. The van der Waals surface area contributed by atoms with E-state index in [2.05, 4.69) is 15.0 Å². The van der Waals surface area contributed by atoms with Crippen molar-refractivity contribution >= 4 is 21.1 Å². The number of benzene rings is 1. The van der Waals surface area contributed by atoms with Gasteiger partial charge in [-0.25, -0.2) is 22.4 Å².